The van der Waals surface area contributed by atoms with Crippen LogP contribution < -0.4 is 0 Å². The van der Waals surface area contributed by atoms with E-state index < -0.39 is 0 Å². The average molecular weight is 387 g/mol. The van der Waals surface area contributed by atoms with Crippen LogP contribution in [0.25, 0.3) is 0 Å². The second-order valence-corrected chi connectivity index (χ2v) is 12.5. The molecule has 0 aromatic carbocycles. The summed E-state index contributed by atoms with van der Waals surface area (Å²) in [6, 6.07) is 0. The van der Waals surface area contributed by atoms with Gasteiger partial charge in [0.1, 0.15) is 0 Å². The van der Waals surface area contributed by atoms with Crippen LogP contribution in [0.5, 0.6) is 0 Å². The zero-order chi connectivity index (χ0) is 19.4. The first-order chi connectivity index (χ1) is 13.5. The molecule has 5 aliphatic carbocycles. The summed E-state index contributed by atoms with van der Waals surface area (Å²) in [5.74, 6) is 5.91. The first kappa shape index (κ1) is 19.9. The van der Waals surface area contributed by atoms with Crippen molar-refractivity contribution in [2.75, 3.05) is 0 Å². The summed E-state index contributed by atoms with van der Waals surface area (Å²) in [6.45, 7) is 5.36. The van der Waals surface area contributed by atoms with Crippen LogP contribution in [0.3, 0.4) is 0 Å². The molecule has 0 heterocycles. The fourth-order valence-corrected chi connectivity index (χ4v) is 9.77. The number of hydrogen-bond acceptors (Lipinski definition) is 1. The van der Waals surface area contributed by atoms with Gasteiger partial charge < -0.3 is 5.11 Å². The van der Waals surface area contributed by atoms with Crippen molar-refractivity contribution < 1.29 is 5.11 Å². The van der Waals surface area contributed by atoms with Gasteiger partial charge in [-0.25, -0.2) is 0 Å². The number of fused-ring (bicyclic) bond motifs is 5. The summed E-state index contributed by atoms with van der Waals surface area (Å²) < 4.78 is 0. The smallest absolute Gasteiger partial charge is 0.0543 e. The Morgan fingerprint density at radius 1 is 0.750 bits per heavy atom. The number of aliphatic hydroxyl groups is 1. The number of rotatable bonds is 4. The average Bonchev–Trinajstić information content (AvgIpc) is 3.30. The lowest BCUT2D eigenvalue weighted by molar-refractivity contribution is -0.127. The van der Waals surface area contributed by atoms with Gasteiger partial charge in [0.25, 0.3) is 0 Å². The van der Waals surface area contributed by atoms with Crippen LogP contribution in [0.2, 0.25) is 0 Å². The molecule has 1 nitrogen and oxygen atoms in total. The summed E-state index contributed by atoms with van der Waals surface area (Å²) in [4.78, 5) is 0. The predicted octanol–water partition coefficient (Wildman–Crippen LogP) is 7.37. The topological polar surface area (TPSA) is 20.2 Å². The van der Waals surface area contributed by atoms with Crippen molar-refractivity contribution in [3.8, 4) is 0 Å². The SMILES string of the molecule is CC12CCC3C(CCC4C[C@@H](O)CCC43C)C1CCC2CCCC1CCCC1. The molecule has 0 aromatic rings. The molecule has 8 atom stereocenters. The summed E-state index contributed by atoms with van der Waals surface area (Å²) >= 11 is 0. The van der Waals surface area contributed by atoms with Gasteiger partial charge in [0, 0.05) is 0 Å². The maximum Gasteiger partial charge on any atom is 0.0543 e. The van der Waals surface area contributed by atoms with Gasteiger partial charge in [0.05, 0.1) is 6.10 Å². The highest BCUT2D eigenvalue weighted by molar-refractivity contribution is 5.09. The van der Waals surface area contributed by atoms with Crippen molar-refractivity contribution in [3.05, 3.63) is 0 Å². The quantitative estimate of drug-likeness (QED) is 0.535. The Morgan fingerprint density at radius 3 is 2.32 bits per heavy atom. The van der Waals surface area contributed by atoms with E-state index in [-0.39, 0.29) is 6.10 Å². The van der Waals surface area contributed by atoms with Crippen LogP contribution in [0.1, 0.15) is 117 Å². The highest BCUT2D eigenvalue weighted by Crippen LogP contribution is 2.67. The predicted molar refractivity (Wildman–Crippen MR) is 117 cm³/mol. The second kappa shape index (κ2) is 7.58. The summed E-state index contributed by atoms with van der Waals surface area (Å²) in [7, 11) is 0. The van der Waals surface area contributed by atoms with Gasteiger partial charge in [-0.3, -0.25) is 0 Å². The van der Waals surface area contributed by atoms with Crippen LogP contribution in [0.15, 0.2) is 0 Å². The Balaban J connectivity index is 1.25. The van der Waals surface area contributed by atoms with E-state index >= 15 is 0 Å². The Labute approximate surface area is 174 Å². The zero-order valence-corrected chi connectivity index (χ0v) is 18.8. The molecule has 5 rings (SSSR count). The van der Waals surface area contributed by atoms with Gasteiger partial charge in [0.2, 0.25) is 0 Å². The molecular formula is C27H46O. The number of hydrogen-bond donors (Lipinski definition) is 1. The van der Waals surface area contributed by atoms with Crippen LogP contribution in [0.4, 0.5) is 0 Å². The third kappa shape index (κ3) is 3.21. The van der Waals surface area contributed by atoms with Gasteiger partial charge in [-0.1, -0.05) is 52.4 Å². The lowest BCUT2D eigenvalue weighted by Gasteiger charge is -2.61. The van der Waals surface area contributed by atoms with E-state index in [0.717, 1.165) is 48.3 Å². The molecule has 7 unspecified atom stereocenters. The Hall–Kier alpha value is -0.0400. The highest BCUT2D eigenvalue weighted by Gasteiger charge is 2.59. The van der Waals surface area contributed by atoms with Gasteiger partial charge in [-0.15, -0.1) is 0 Å². The largest absolute Gasteiger partial charge is 0.393 e. The molecule has 160 valence electrons. The van der Waals surface area contributed by atoms with Crippen LogP contribution in [-0.2, 0) is 0 Å². The van der Waals surface area contributed by atoms with Crippen LogP contribution in [0, 0.1) is 46.3 Å². The molecule has 0 saturated heterocycles. The summed E-state index contributed by atoms with van der Waals surface area (Å²) in [5, 5.41) is 10.2. The third-order valence-electron chi connectivity index (χ3n) is 11.5. The molecule has 1 N–H and O–H groups in total. The lowest BCUT2D eigenvalue weighted by Crippen LogP contribution is -2.53. The van der Waals surface area contributed by atoms with E-state index in [1.54, 1.807) is 0 Å². The molecule has 5 fully saturated rings. The molecule has 0 spiro atoms. The standard InChI is InChI=1S/C27H46O/c1-26-17-15-25-23(12-10-21-18-22(28)14-16-27(21,25)2)24(26)13-11-20(26)9-5-8-19-6-3-4-7-19/h19-25,28H,3-18H2,1-2H3/t20?,21?,22-,23?,24?,25?,26?,27?/m0/s1. The van der Waals surface area contributed by atoms with E-state index in [9.17, 15) is 5.11 Å². The van der Waals surface area contributed by atoms with Crippen LogP contribution >= 0.6 is 0 Å². The first-order valence-electron chi connectivity index (χ1n) is 13.2. The van der Waals surface area contributed by atoms with E-state index in [2.05, 4.69) is 13.8 Å². The van der Waals surface area contributed by atoms with Gasteiger partial charge in [-0.2, -0.15) is 0 Å². The summed E-state index contributed by atoms with van der Waals surface area (Å²) in [6.07, 6.45) is 23.1. The summed E-state index contributed by atoms with van der Waals surface area (Å²) in [5.41, 5.74) is 1.21. The Bertz CT molecular complexity index is 550. The van der Waals surface area contributed by atoms with Crippen molar-refractivity contribution in [1.29, 1.82) is 0 Å². The minimum Gasteiger partial charge on any atom is -0.393 e. The van der Waals surface area contributed by atoms with Crippen LogP contribution in [-0.4, -0.2) is 11.2 Å². The molecule has 0 aromatic heterocycles. The van der Waals surface area contributed by atoms with Crippen molar-refractivity contribution in [1.82, 2.24) is 0 Å². The maximum atomic E-state index is 10.2. The monoisotopic (exact) mass is 386 g/mol. The van der Waals surface area contributed by atoms with Gasteiger partial charge >= 0.3 is 0 Å². The normalized spacial score (nSPS) is 51.5. The molecular weight excluding hydrogens is 340 g/mol. The zero-order valence-electron chi connectivity index (χ0n) is 18.8. The van der Waals surface area contributed by atoms with Crippen molar-refractivity contribution >= 4 is 0 Å². The van der Waals surface area contributed by atoms with Crippen molar-refractivity contribution in [2.45, 2.75) is 123 Å². The molecule has 5 saturated carbocycles. The molecule has 5 aliphatic rings. The second-order valence-electron chi connectivity index (χ2n) is 12.5. The third-order valence-corrected chi connectivity index (χ3v) is 11.5. The van der Waals surface area contributed by atoms with E-state index in [4.69, 9.17) is 0 Å². The van der Waals surface area contributed by atoms with Gasteiger partial charge in [0.15, 0.2) is 0 Å². The van der Waals surface area contributed by atoms with E-state index in [1.165, 1.54) is 89.9 Å². The molecule has 0 radical (unpaired) electrons. The minimum absolute atomic E-state index is 0.000732. The Kier molecular flexibility index (Phi) is 5.39. The minimum atomic E-state index is -0.000732. The van der Waals surface area contributed by atoms with Crippen molar-refractivity contribution in [2.24, 2.45) is 46.3 Å². The molecule has 1 heteroatoms. The Morgan fingerprint density at radius 2 is 1.50 bits per heavy atom. The lowest BCUT2D eigenvalue weighted by atomic mass is 9.44. The first-order valence-corrected chi connectivity index (χ1v) is 13.2. The molecule has 0 amide bonds. The maximum absolute atomic E-state index is 10.2. The fourth-order valence-electron chi connectivity index (χ4n) is 9.77. The molecule has 0 aliphatic heterocycles. The molecule has 28 heavy (non-hydrogen) atoms. The number of aliphatic hydroxyl groups excluding tert-OH is 1. The van der Waals surface area contributed by atoms with Crippen molar-refractivity contribution in [3.63, 3.8) is 0 Å². The van der Waals surface area contributed by atoms with Gasteiger partial charge in [-0.05, 0) is 111 Å². The van der Waals surface area contributed by atoms with E-state index in [1.807, 2.05) is 0 Å². The van der Waals surface area contributed by atoms with E-state index in [0.29, 0.717) is 10.8 Å². The fraction of sp³-hybridized carbons (Fsp3) is 1.00. The highest BCUT2D eigenvalue weighted by atomic mass is 16.3. The molecule has 0 bridgehead atoms.